The SMILES string of the molecule is COCCCC(N)C(=O)NC1(C)CCCCC1. The van der Waals surface area contributed by atoms with Crippen LogP contribution in [0.25, 0.3) is 0 Å². The number of ether oxygens (including phenoxy) is 1. The summed E-state index contributed by atoms with van der Waals surface area (Å²) in [6.07, 6.45) is 7.36. The van der Waals surface area contributed by atoms with Crippen molar-refractivity contribution >= 4 is 5.91 Å². The third kappa shape index (κ3) is 5.04. The van der Waals surface area contributed by atoms with Crippen molar-refractivity contribution in [3.63, 3.8) is 0 Å². The highest BCUT2D eigenvalue weighted by molar-refractivity contribution is 5.82. The van der Waals surface area contributed by atoms with E-state index < -0.39 is 6.04 Å². The first-order valence-electron chi connectivity index (χ1n) is 6.64. The van der Waals surface area contributed by atoms with Crippen LogP contribution in [0.5, 0.6) is 0 Å². The standard InChI is InChI=1S/C13H26N2O2/c1-13(8-4-3-5-9-13)15-12(16)11(14)7-6-10-17-2/h11H,3-10,14H2,1-2H3,(H,15,16). The van der Waals surface area contributed by atoms with Crippen molar-refractivity contribution in [2.24, 2.45) is 5.73 Å². The lowest BCUT2D eigenvalue weighted by Gasteiger charge is -2.35. The molecule has 0 aromatic rings. The van der Waals surface area contributed by atoms with E-state index in [1.54, 1.807) is 7.11 Å². The molecule has 0 heterocycles. The predicted molar refractivity (Wildman–Crippen MR) is 68.7 cm³/mol. The van der Waals surface area contributed by atoms with E-state index >= 15 is 0 Å². The molecule has 1 unspecified atom stereocenters. The third-order valence-electron chi connectivity index (χ3n) is 3.58. The first kappa shape index (κ1) is 14.5. The Labute approximate surface area is 104 Å². The Kier molecular flexibility index (Phi) is 5.92. The van der Waals surface area contributed by atoms with Crippen molar-refractivity contribution in [3.8, 4) is 0 Å². The molecule has 3 N–H and O–H groups in total. The lowest BCUT2D eigenvalue weighted by atomic mass is 9.83. The Balaban J connectivity index is 2.31. The summed E-state index contributed by atoms with van der Waals surface area (Å²) in [6.45, 7) is 2.80. The lowest BCUT2D eigenvalue weighted by molar-refractivity contribution is -0.124. The van der Waals surface area contributed by atoms with Crippen LogP contribution in [0.1, 0.15) is 51.9 Å². The summed E-state index contributed by atoms with van der Waals surface area (Å²) in [6, 6.07) is -0.399. The Hall–Kier alpha value is -0.610. The van der Waals surface area contributed by atoms with Gasteiger partial charge in [0.15, 0.2) is 0 Å². The Morgan fingerprint density at radius 1 is 1.41 bits per heavy atom. The number of carbonyl (C=O) groups is 1. The maximum atomic E-state index is 11.9. The van der Waals surface area contributed by atoms with Gasteiger partial charge in [-0.25, -0.2) is 0 Å². The molecule has 4 heteroatoms. The minimum Gasteiger partial charge on any atom is -0.385 e. The fraction of sp³-hybridized carbons (Fsp3) is 0.923. The van der Waals surface area contributed by atoms with Crippen molar-refractivity contribution in [1.29, 1.82) is 0 Å². The molecule has 0 saturated heterocycles. The molecule has 1 aliphatic carbocycles. The molecule has 1 amide bonds. The van der Waals surface area contributed by atoms with Gasteiger partial charge >= 0.3 is 0 Å². The molecule has 17 heavy (non-hydrogen) atoms. The molecule has 0 bridgehead atoms. The van der Waals surface area contributed by atoms with Crippen molar-refractivity contribution in [1.82, 2.24) is 5.32 Å². The van der Waals surface area contributed by atoms with Gasteiger partial charge in [0.05, 0.1) is 6.04 Å². The molecule has 1 aliphatic rings. The average molecular weight is 242 g/mol. The summed E-state index contributed by atoms with van der Waals surface area (Å²) in [5.41, 5.74) is 5.83. The van der Waals surface area contributed by atoms with Crippen LogP contribution in [0, 0.1) is 0 Å². The molecule has 0 aromatic carbocycles. The molecule has 1 rings (SSSR count). The van der Waals surface area contributed by atoms with Crippen LogP contribution in [-0.4, -0.2) is 31.2 Å². The highest BCUT2D eigenvalue weighted by atomic mass is 16.5. The Morgan fingerprint density at radius 3 is 2.65 bits per heavy atom. The molecule has 4 nitrogen and oxygen atoms in total. The fourth-order valence-corrected chi connectivity index (χ4v) is 2.43. The Morgan fingerprint density at radius 2 is 2.06 bits per heavy atom. The van der Waals surface area contributed by atoms with Crippen LogP contribution in [0.2, 0.25) is 0 Å². The van der Waals surface area contributed by atoms with E-state index in [1.165, 1.54) is 19.3 Å². The van der Waals surface area contributed by atoms with E-state index in [-0.39, 0.29) is 11.4 Å². The molecular formula is C13H26N2O2. The van der Waals surface area contributed by atoms with Gasteiger partial charge in [0.2, 0.25) is 5.91 Å². The van der Waals surface area contributed by atoms with Crippen LogP contribution in [0.3, 0.4) is 0 Å². The quantitative estimate of drug-likeness (QED) is 0.695. The third-order valence-corrected chi connectivity index (χ3v) is 3.58. The zero-order valence-corrected chi connectivity index (χ0v) is 11.1. The topological polar surface area (TPSA) is 64.3 Å². The van der Waals surface area contributed by atoms with Gasteiger partial charge in [0.1, 0.15) is 0 Å². The number of amides is 1. The van der Waals surface area contributed by atoms with E-state index in [9.17, 15) is 4.79 Å². The minimum absolute atomic E-state index is 0.00879. The maximum Gasteiger partial charge on any atom is 0.237 e. The summed E-state index contributed by atoms with van der Waals surface area (Å²) in [5, 5.41) is 3.12. The molecule has 0 radical (unpaired) electrons. The second kappa shape index (κ2) is 6.97. The van der Waals surface area contributed by atoms with Gasteiger partial charge in [-0.15, -0.1) is 0 Å². The Bertz CT molecular complexity index is 238. The first-order chi connectivity index (χ1) is 8.07. The van der Waals surface area contributed by atoms with Crippen molar-refractivity contribution in [2.75, 3.05) is 13.7 Å². The van der Waals surface area contributed by atoms with Gasteiger partial charge in [0.25, 0.3) is 0 Å². The molecule has 0 spiro atoms. The van der Waals surface area contributed by atoms with Crippen LogP contribution in [-0.2, 0) is 9.53 Å². The van der Waals surface area contributed by atoms with E-state index in [1.807, 2.05) is 0 Å². The second-order valence-electron chi connectivity index (χ2n) is 5.35. The number of carbonyl (C=O) groups excluding carboxylic acids is 1. The normalized spacial score (nSPS) is 20.9. The van der Waals surface area contributed by atoms with Crippen molar-refractivity contribution in [2.45, 2.75) is 63.5 Å². The molecule has 1 atom stereocenters. The number of methoxy groups -OCH3 is 1. The number of nitrogens with two attached hydrogens (primary N) is 1. The van der Waals surface area contributed by atoms with Crippen molar-refractivity contribution < 1.29 is 9.53 Å². The van der Waals surface area contributed by atoms with E-state index in [0.29, 0.717) is 13.0 Å². The van der Waals surface area contributed by atoms with Gasteiger partial charge in [-0.3, -0.25) is 4.79 Å². The minimum atomic E-state index is -0.399. The summed E-state index contributed by atoms with van der Waals surface area (Å²) >= 11 is 0. The van der Waals surface area contributed by atoms with Gasteiger partial charge in [0, 0.05) is 19.3 Å². The van der Waals surface area contributed by atoms with Crippen LogP contribution < -0.4 is 11.1 Å². The van der Waals surface area contributed by atoms with Gasteiger partial charge in [-0.1, -0.05) is 19.3 Å². The van der Waals surface area contributed by atoms with Gasteiger partial charge in [-0.2, -0.15) is 0 Å². The average Bonchev–Trinajstić information content (AvgIpc) is 2.29. The second-order valence-corrected chi connectivity index (χ2v) is 5.35. The summed E-state index contributed by atoms with van der Waals surface area (Å²) in [5.74, 6) is -0.00879. The van der Waals surface area contributed by atoms with Crippen LogP contribution in [0.15, 0.2) is 0 Å². The highest BCUT2D eigenvalue weighted by Gasteiger charge is 2.29. The number of hydrogen-bond donors (Lipinski definition) is 2. The van der Waals surface area contributed by atoms with Crippen molar-refractivity contribution in [3.05, 3.63) is 0 Å². The number of nitrogens with one attached hydrogen (secondary N) is 1. The number of hydrogen-bond acceptors (Lipinski definition) is 3. The van der Waals surface area contributed by atoms with Gasteiger partial charge < -0.3 is 15.8 Å². The molecule has 1 saturated carbocycles. The van der Waals surface area contributed by atoms with E-state index in [2.05, 4.69) is 12.2 Å². The molecular weight excluding hydrogens is 216 g/mol. The fourth-order valence-electron chi connectivity index (χ4n) is 2.43. The largest absolute Gasteiger partial charge is 0.385 e. The zero-order valence-electron chi connectivity index (χ0n) is 11.1. The van der Waals surface area contributed by atoms with Crippen LogP contribution in [0.4, 0.5) is 0 Å². The lowest BCUT2D eigenvalue weighted by Crippen LogP contribution is -2.52. The maximum absolute atomic E-state index is 11.9. The summed E-state index contributed by atoms with van der Waals surface area (Å²) in [7, 11) is 1.66. The monoisotopic (exact) mass is 242 g/mol. The first-order valence-corrected chi connectivity index (χ1v) is 6.64. The summed E-state index contributed by atoms with van der Waals surface area (Å²) in [4.78, 5) is 11.9. The molecule has 0 aromatic heterocycles. The molecule has 100 valence electrons. The smallest absolute Gasteiger partial charge is 0.237 e. The number of rotatable bonds is 6. The molecule has 0 aliphatic heterocycles. The highest BCUT2D eigenvalue weighted by Crippen LogP contribution is 2.27. The summed E-state index contributed by atoms with van der Waals surface area (Å²) < 4.78 is 4.95. The van der Waals surface area contributed by atoms with Crippen LogP contribution >= 0.6 is 0 Å². The van der Waals surface area contributed by atoms with E-state index in [0.717, 1.165) is 19.3 Å². The van der Waals surface area contributed by atoms with E-state index in [4.69, 9.17) is 10.5 Å². The molecule has 1 fully saturated rings. The predicted octanol–water partition coefficient (Wildman–Crippen LogP) is 1.58. The van der Waals surface area contributed by atoms with Gasteiger partial charge in [-0.05, 0) is 32.6 Å². The zero-order chi connectivity index (χ0) is 12.7.